The number of carbonyl (C=O) groups is 1. The molecule has 2 rings (SSSR count). The van der Waals surface area contributed by atoms with E-state index in [-0.39, 0.29) is 29.6 Å². The molecule has 0 amide bonds. The monoisotopic (exact) mass is 270 g/mol. The van der Waals surface area contributed by atoms with Gasteiger partial charge in [-0.2, -0.15) is 4.98 Å². The van der Waals surface area contributed by atoms with Crippen molar-refractivity contribution < 1.29 is 18.8 Å². The van der Waals surface area contributed by atoms with Gasteiger partial charge in [-0.25, -0.2) is 4.39 Å². The summed E-state index contributed by atoms with van der Waals surface area (Å²) in [4.78, 5) is 14.4. The number of aliphatic carboxylic acids is 1. The van der Waals surface area contributed by atoms with Gasteiger partial charge in [0, 0.05) is 12.0 Å². The summed E-state index contributed by atoms with van der Waals surface area (Å²) < 4.78 is 17.8. The quantitative estimate of drug-likeness (QED) is 0.924. The summed E-state index contributed by atoms with van der Waals surface area (Å²) in [5.41, 5.74) is 0.506. The molecule has 1 aromatic heterocycles. The van der Waals surface area contributed by atoms with Gasteiger partial charge in [-0.3, -0.25) is 4.79 Å². The van der Waals surface area contributed by atoms with Gasteiger partial charge in [0.2, 0.25) is 11.7 Å². The highest BCUT2D eigenvalue weighted by Gasteiger charge is 2.11. The van der Waals surface area contributed by atoms with Crippen molar-refractivity contribution >= 4 is 17.6 Å². The van der Waals surface area contributed by atoms with Crippen molar-refractivity contribution in [2.75, 3.05) is 0 Å². The Balaban J connectivity index is 2.18. The van der Waals surface area contributed by atoms with Crippen LogP contribution in [0, 0.1) is 5.82 Å². The Morgan fingerprint density at radius 3 is 2.94 bits per heavy atom. The summed E-state index contributed by atoms with van der Waals surface area (Å²) in [6, 6.07) is 4.04. The third kappa shape index (κ3) is 2.84. The fourth-order valence-corrected chi connectivity index (χ4v) is 1.50. The van der Waals surface area contributed by atoms with Gasteiger partial charge in [0.05, 0.1) is 11.4 Å². The molecule has 0 bridgehead atoms. The molecule has 1 aromatic carbocycles. The molecule has 0 fully saturated rings. The van der Waals surface area contributed by atoms with Crippen LogP contribution in [0.5, 0.6) is 0 Å². The van der Waals surface area contributed by atoms with Gasteiger partial charge < -0.3 is 9.63 Å². The van der Waals surface area contributed by atoms with Crippen LogP contribution in [0.2, 0.25) is 5.02 Å². The lowest BCUT2D eigenvalue weighted by Crippen LogP contribution is -1.97. The molecule has 0 spiro atoms. The molecule has 1 heterocycles. The second kappa shape index (κ2) is 5.14. The second-order valence-corrected chi connectivity index (χ2v) is 3.94. The molecule has 0 unspecified atom stereocenters. The molecule has 0 aliphatic carbocycles. The van der Waals surface area contributed by atoms with Crippen molar-refractivity contribution in [3.63, 3.8) is 0 Å². The molecular weight excluding hydrogens is 263 g/mol. The van der Waals surface area contributed by atoms with Crippen LogP contribution in [0.15, 0.2) is 22.7 Å². The predicted octanol–water partition coefficient (Wildman–Crippen LogP) is 2.55. The Kier molecular flexibility index (Phi) is 3.57. The van der Waals surface area contributed by atoms with E-state index in [4.69, 9.17) is 21.2 Å². The highest BCUT2D eigenvalue weighted by molar-refractivity contribution is 6.31. The largest absolute Gasteiger partial charge is 0.481 e. The van der Waals surface area contributed by atoms with Crippen LogP contribution in [-0.2, 0) is 11.2 Å². The summed E-state index contributed by atoms with van der Waals surface area (Å²) in [5, 5.41) is 12.2. The third-order valence-corrected chi connectivity index (χ3v) is 2.49. The predicted molar refractivity (Wildman–Crippen MR) is 60.7 cm³/mol. The van der Waals surface area contributed by atoms with Crippen LogP contribution in [0.1, 0.15) is 12.3 Å². The Morgan fingerprint density at radius 2 is 2.28 bits per heavy atom. The van der Waals surface area contributed by atoms with Crippen molar-refractivity contribution in [3.05, 3.63) is 34.9 Å². The van der Waals surface area contributed by atoms with E-state index in [1.165, 1.54) is 18.2 Å². The SMILES string of the molecule is O=C(O)CCc1nc(-c2ccc(F)c(Cl)c2)no1. The number of benzene rings is 1. The van der Waals surface area contributed by atoms with Crippen LogP contribution >= 0.6 is 11.6 Å². The Labute approximate surface area is 106 Å². The van der Waals surface area contributed by atoms with Gasteiger partial charge in [-0.1, -0.05) is 16.8 Å². The zero-order chi connectivity index (χ0) is 13.1. The number of carboxylic acid groups (broad SMARTS) is 1. The first kappa shape index (κ1) is 12.5. The highest BCUT2D eigenvalue weighted by Crippen LogP contribution is 2.22. The van der Waals surface area contributed by atoms with E-state index in [2.05, 4.69) is 10.1 Å². The topological polar surface area (TPSA) is 76.2 Å². The van der Waals surface area contributed by atoms with Gasteiger partial charge >= 0.3 is 5.97 Å². The minimum Gasteiger partial charge on any atom is -0.481 e. The molecule has 2 aromatic rings. The molecule has 94 valence electrons. The molecule has 1 N–H and O–H groups in total. The summed E-state index contributed by atoms with van der Waals surface area (Å²) in [7, 11) is 0. The zero-order valence-electron chi connectivity index (χ0n) is 9.06. The second-order valence-electron chi connectivity index (χ2n) is 3.53. The van der Waals surface area contributed by atoms with Gasteiger partial charge in [0.1, 0.15) is 5.82 Å². The first-order valence-electron chi connectivity index (χ1n) is 5.06. The zero-order valence-corrected chi connectivity index (χ0v) is 9.82. The maximum Gasteiger partial charge on any atom is 0.303 e. The van der Waals surface area contributed by atoms with Crippen molar-refractivity contribution in [3.8, 4) is 11.4 Å². The van der Waals surface area contributed by atoms with Crippen LogP contribution in [0.4, 0.5) is 4.39 Å². The third-order valence-electron chi connectivity index (χ3n) is 2.20. The number of nitrogens with zero attached hydrogens (tertiary/aromatic N) is 2. The van der Waals surface area contributed by atoms with E-state index in [0.29, 0.717) is 5.56 Å². The number of carboxylic acids is 1. The van der Waals surface area contributed by atoms with E-state index in [1.807, 2.05) is 0 Å². The van der Waals surface area contributed by atoms with Crippen molar-refractivity contribution in [1.29, 1.82) is 0 Å². The molecule has 0 saturated heterocycles. The Morgan fingerprint density at radius 1 is 1.50 bits per heavy atom. The van der Waals surface area contributed by atoms with E-state index in [0.717, 1.165) is 0 Å². The molecule has 0 aliphatic heterocycles. The Hall–Kier alpha value is -1.95. The molecule has 0 aliphatic rings. The molecule has 18 heavy (non-hydrogen) atoms. The lowest BCUT2D eigenvalue weighted by molar-refractivity contribution is -0.137. The average molecular weight is 271 g/mol. The summed E-state index contributed by atoms with van der Waals surface area (Å²) >= 11 is 5.63. The molecule has 5 nitrogen and oxygen atoms in total. The van der Waals surface area contributed by atoms with Gasteiger partial charge in [-0.15, -0.1) is 0 Å². The smallest absolute Gasteiger partial charge is 0.303 e. The van der Waals surface area contributed by atoms with E-state index in [1.54, 1.807) is 0 Å². The van der Waals surface area contributed by atoms with E-state index < -0.39 is 11.8 Å². The minimum absolute atomic E-state index is 0.0376. The molecule has 7 heteroatoms. The van der Waals surface area contributed by atoms with Crippen molar-refractivity contribution in [2.24, 2.45) is 0 Å². The first-order chi connectivity index (χ1) is 8.56. The fourth-order valence-electron chi connectivity index (χ4n) is 1.32. The standard InChI is InChI=1S/C11H8ClFN2O3/c12-7-5-6(1-2-8(7)13)11-14-9(18-15-11)3-4-10(16)17/h1-2,5H,3-4H2,(H,16,17). The van der Waals surface area contributed by atoms with Crippen LogP contribution in [0.25, 0.3) is 11.4 Å². The number of hydrogen-bond acceptors (Lipinski definition) is 4. The van der Waals surface area contributed by atoms with Gasteiger partial charge in [-0.05, 0) is 18.2 Å². The minimum atomic E-state index is -0.945. The van der Waals surface area contributed by atoms with Crippen LogP contribution < -0.4 is 0 Å². The Bertz CT molecular complexity index is 585. The van der Waals surface area contributed by atoms with Crippen molar-refractivity contribution in [2.45, 2.75) is 12.8 Å². The summed E-state index contributed by atoms with van der Waals surface area (Å²) in [6.07, 6.45) is 0.0586. The van der Waals surface area contributed by atoms with Gasteiger partial charge in [0.15, 0.2) is 0 Å². The summed E-state index contributed by atoms with van der Waals surface area (Å²) in [5.74, 6) is -1.01. The normalized spacial score (nSPS) is 10.6. The van der Waals surface area contributed by atoms with E-state index in [9.17, 15) is 9.18 Å². The number of halogens is 2. The van der Waals surface area contributed by atoms with E-state index >= 15 is 0 Å². The number of aryl methyl sites for hydroxylation is 1. The lowest BCUT2D eigenvalue weighted by atomic mass is 10.2. The molecule has 0 atom stereocenters. The first-order valence-corrected chi connectivity index (χ1v) is 5.44. The average Bonchev–Trinajstić information content (AvgIpc) is 2.79. The van der Waals surface area contributed by atoms with Crippen LogP contribution in [0.3, 0.4) is 0 Å². The number of rotatable bonds is 4. The fraction of sp³-hybridized carbons (Fsp3) is 0.182. The molecular formula is C11H8ClFN2O3. The number of aromatic nitrogens is 2. The highest BCUT2D eigenvalue weighted by atomic mass is 35.5. The number of hydrogen-bond donors (Lipinski definition) is 1. The van der Waals surface area contributed by atoms with Crippen LogP contribution in [-0.4, -0.2) is 21.2 Å². The van der Waals surface area contributed by atoms with Gasteiger partial charge in [0.25, 0.3) is 0 Å². The molecule has 0 radical (unpaired) electrons. The maximum atomic E-state index is 13.0. The maximum absolute atomic E-state index is 13.0. The molecule has 0 saturated carbocycles. The lowest BCUT2D eigenvalue weighted by Gasteiger charge is -1.96. The van der Waals surface area contributed by atoms with Crippen molar-refractivity contribution in [1.82, 2.24) is 10.1 Å². The summed E-state index contributed by atoms with van der Waals surface area (Å²) in [6.45, 7) is 0.